The number of rotatable bonds is 1. The summed E-state index contributed by atoms with van der Waals surface area (Å²) in [6, 6.07) is 0.365. The lowest BCUT2D eigenvalue weighted by Gasteiger charge is -1.98. The van der Waals surface area contributed by atoms with Crippen LogP contribution in [-0.2, 0) is 0 Å². The fourth-order valence-electron chi connectivity index (χ4n) is 0.572. The van der Waals surface area contributed by atoms with Crippen molar-refractivity contribution in [2.45, 2.75) is 19.8 Å². The Morgan fingerprint density at radius 1 is 1.44 bits per heavy atom. The van der Waals surface area contributed by atoms with Crippen molar-refractivity contribution in [1.29, 1.82) is 0 Å². The third-order valence-electron chi connectivity index (χ3n) is 1.06. The van der Waals surface area contributed by atoms with Gasteiger partial charge in [0.1, 0.15) is 5.82 Å². The highest BCUT2D eigenvalue weighted by Crippen LogP contribution is 2.04. The van der Waals surface area contributed by atoms with Crippen LogP contribution in [0.15, 0.2) is 18.4 Å². The second-order valence-corrected chi connectivity index (χ2v) is 2.20. The lowest BCUT2D eigenvalue weighted by atomic mass is 10.2. The maximum absolute atomic E-state index is 7.11. The van der Waals surface area contributed by atoms with Crippen LogP contribution in [0, 0.1) is 0 Å². The number of aromatic nitrogens is 2. The SMILES string of the molecule is [3H]c1cnc(C(C)C)nc1. The molecule has 0 bridgehead atoms. The number of hydrogen-bond acceptors (Lipinski definition) is 2. The molecule has 0 amide bonds. The third kappa shape index (κ3) is 1.49. The molecule has 1 heterocycles. The molecule has 0 saturated carbocycles. The molecule has 0 spiro atoms. The van der Waals surface area contributed by atoms with Crippen LogP contribution in [0.4, 0.5) is 0 Å². The molecule has 2 nitrogen and oxygen atoms in total. The third-order valence-corrected chi connectivity index (χ3v) is 1.06. The second-order valence-electron chi connectivity index (χ2n) is 2.20. The van der Waals surface area contributed by atoms with Crippen molar-refractivity contribution in [3.05, 3.63) is 24.3 Å². The van der Waals surface area contributed by atoms with E-state index in [-0.39, 0.29) is 0 Å². The summed E-state index contributed by atoms with van der Waals surface area (Å²) in [5, 5.41) is 0. The average Bonchev–Trinajstić information content (AvgIpc) is 1.88. The second kappa shape index (κ2) is 2.58. The van der Waals surface area contributed by atoms with E-state index in [2.05, 4.69) is 9.97 Å². The zero-order chi connectivity index (χ0) is 7.56. The van der Waals surface area contributed by atoms with Gasteiger partial charge in [0.15, 0.2) is 0 Å². The molecule has 0 N–H and O–H groups in total. The van der Waals surface area contributed by atoms with E-state index in [0.29, 0.717) is 12.0 Å². The van der Waals surface area contributed by atoms with E-state index in [0.717, 1.165) is 5.82 Å². The van der Waals surface area contributed by atoms with Gasteiger partial charge >= 0.3 is 0 Å². The van der Waals surface area contributed by atoms with Crippen molar-refractivity contribution in [2.24, 2.45) is 0 Å². The van der Waals surface area contributed by atoms with Gasteiger partial charge in [-0.2, -0.15) is 0 Å². The summed E-state index contributed by atoms with van der Waals surface area (Å²) < 4.78 is 7.11. The predicted molar refractivity (Wildman–Crippen MR) is 36.1 cm³/mol. The fraction of sp³-hybridized carbons (Fsp3) is 0.429. The van der Waals surface area contributed by atoms with Crippen LogP contribution in [0.2, 0.25) is 0 Å². The first-order chi connectivity index (χ1) is 4.70. The first-order valence-electron chi connectivity index (χ1n) is 3.48. The summed E-state index contributed by atoms with van der Waals surface area (Å²) in [4.78, 5) is 7.96. The molecule has 0 aliphatic carbocycles. The normalized spacial score (nSPS) is 11.7. The zero-order valence-corrected chi connectivity index (χ0v) is 5.63. The molecule has 0 fully saturated rings. The van der Waals surface area contributed by atoms with Gasteiger partial charge in [-0.15, -0.1) is 0 Å². The maximum Gasteiger partial charge on any atom is 0.130 e. The average molecular weight is 124 g/mol. The highest BCUT2D eigenvalue weighted by atomic mass is 14.9. The monoisotopic (exact) mass is 124 g/mol. The van der Waals surface area contributed by atoms with Gasteiger partial charge in [-0.05, 0) is 6.04 Å². The van der Waals surface area contributed by atoms with Crippen molar-refractivity contribution in [1.82, 2.24) is 9.97 Å². The molecule has 2 heteroatoms. The molecule has 0 atom stereocenters. The van der Waals surface area contributed by atoms with E-state index < -0.39 is 0 Å². The topological polar surface area (TPSA) is 25.8 Å². The lowest BCUT2D eigenvalue weighted by molar-refractivity contribution is 0.774. The first kappa shape index (κ1) is 4.91. The summed E-state index contributed by atoms with van der Waals surface area (Å²) in [5.41, 5.74) is 0. The Balaban J connectivity index is 2.89. The van der Waals surface area contributed by atoms with Crippen LogP contribution < -0.4 is 0 Å². The van der Waals surface area contributed by atoms with Crippen molar-refractivity contribution in [3.63, 3.8) is 0 Å². The van der Waals surface area contributed by atoms with Gasteiger partial charge < -0.3 is 0 Å². The molecule has 1 aromatic rings. The van der Waals surface area contributed by atoms with E-state index in [9.17, 15) is 0 Å². The Morgan fingerprint density at radius 2 is 2.00 bits per heavy atom. The molecule has 48 valence electrons. The summed E-state index contributed by atoms with van der Waals surface area (Å²) in [6.45, 7) is 4.05. The fourth-order valence-corrected chi connectivity index (χ4v) is 0.572. The molecule has 1 rings (SSSR count). The van der Waals surface area contributed by atoms with Crippen LogP contribution in [0.5, 0.6) is 0 Å². The predicted octanol–water partition coefficient (Wildman–Crippen LogP) is 1.60. The van der Waals surface area contributed by atoms with E-state index in [1.54, 1.807) is 0 Å². The summed E-state index contributed by atoms with van der Waals surface area (Å²) in [7, 11) is 0. The minimum absolute atomic E-state index is 0.348. The van der Waals surface area contributed by atoms with Crippen LogP contribution in [-0.4, -0.2) is 9.97 Å². The molecule has 1 aromatic heterocycles. The Bertz CT molecular complexity index is 205. The molecule has 9 heavy (non-hydrogen) atoms. The summed E-state index contributed by atoms with van der Waals surface area (Å²) in [5.74, 6) is 1.15. The smallest absolute Gasteiger partial charge is 0.130 e. The van der Waals surface area contributed by atoms with Crippen LogP contribution in [0.1, 0.15) is 27.0 Å². The Labute approximate surface area is 56.4 Å². The molecule has 0 aliphatic heterocycles. The molecule has 0 unspecified atom stereocenters. The Morgan fingerprint density at radius 3 is 2.44 bits per heavy atom. The molecule has 0 aliphatic rings. The van der Waals surface area contributed by atoms with E-state index in [1.165, 1.54) is 12.4 Å². The van der Waals surface area contributed by atoms with Gasteiger partial charge in [0, 0.05) is 18.3 Å². The number of nitrogens with zero attached hydrogens (tertiary/aromatic N) is 2. The van der Waals surface area contributed by atoms with Crippen molar-refractivity contribution < 1.29 is 1.37 Å². The van der Waals surface area contributed by atoms with Crippen LogP contribution in [0.25, 0.3) is 0 Å². The lowest BCUT2D eigenvalue weighted by Crippen LogP contribution is -1.93. The molecule has 0 radical (unpaired) electrons. The Hall–Kier alpha value is -0.920. The van der Waals surface area contributed by atoms with E-state index in [4.69, 9.17) is 1.37 Å². The largest absolute Gasteiger partial charge is 0.241 e. The molecular weight excluding hydrogens is 112 g/mol. The molecule has 0 saturated heterocycles. The van der Waals surface area contributed by atoms with E-state index >= 15 is 0 Å². The van der Waals surface area contributed by atoms with Crippen molar-refractivity contribution in [2.75, 3.05) is 0 Å². The van der Waals surface area contributed by atoms with E-state index in [1.807, 2.05) is 13.8 Å². The van der Waals surface area contributed by atoms with Gasteiger partial charge in [-0.25, -0.2) is 9.97 Å². The quantitative estimate of drug-likeness (QED) is 0.568. The van der Waals surface area contributed by atoms with Crippen molar-refractivity contribution in [3.8, 4) is 0 Å². The number of hydrogen-bond donors (Lipinski definition) is 0. The summed E-state index contributed by atoms with van der Waals surface area (Å²) >= 11 is 0. The standard InChI is InChI=1S/C7H10N2/c1-6(2)7-8-4-3-5-9-7/h3-6H,1-2H3/i3T. The van der Waals surface area contributed by atoms with Crippen molar-refractivity contribution >= 4 is 0 Å². The molecule has 0 aromatic carbocycles. The summed E-state index contributed by atoms with van der Waals surface area (Å²) in [6.07, 6.45) is 3.03. The highest BCUT2D eigenvalue weighted by molar-refractivity contribution is 4.92. The first-order valence-corrected chi connectivity index (χ1v) is 2.98. The van der Waals surface area contributed by atoms with Gasteiger partial charge in [-0.1, -0.05) is 13.8 Å². The van der Waals surface area contributed by atoms with Gasteiger partial charge in [-0.3, -0.25) is 0 Å². The molecular formula is C7H10N2. The van der Waals surface area contributed by atoms with Crippen LogP contribution in [0.3, 0.4) is 0 Å². The van der Waals surface area contributed by atoms with Crippen LogP contribution >= 0.6 is 0 Å². The van der Waals surface area contributed by atoms with Gasteiger partial charge in [0.2, 0.25) is 0 Å². The maximum atomic E-state index is 7.11. The zero-order valence-electron chi connectivity index (χ0n) is 6.63. The minimum Gasteiger partial charge on any atom is -0.241 e. The van der Waals surface area contributed by atoms with Gasteiger partial charge in [0.05, 0.1) is 1.37 Å². The highest BCUT2D eigenvalue weighted by Gasteiger charge is 1.97. The Kier molecular flexibility index (Phi) is 1.41. The van der Waals surface area contributed by atoms with Gasteiger partial charge in [0.25, 0.3) is 0 Å². The minimum atomic E-state index is 0.348.